The summed E-state index contributed by atoms with van der Waals surface area (Å²) in [4.78, 5) is 0. The second kappa shape index (κ2) is 4.54. The van der Waals surface area contributed by atoms with Crippen LogP contribution in [0.25, 0.3) is 0 Å². The molecule has 0 amide bonds. The van der Waals surface area contributed by atoms with Crippen molar-refractivity contribution >= 4 is 11.6 Å². The van der Waals surface area contributed by atoms with Crippen molar-refractivity contribution in [1.82, 2.24) is 0 Å². The van der Waals surface area contributed by atoms with Crippen LogP contribution >= 0.6 is 11.6 Å². The standard InChI is InChI=1S/C11H17ClF2O/c12-8-6-9(15-7-10(13)14)11(8)4-2-1-3-5-11/h8-10H,1-7H2. The van der Waals surface area contributed by atoms with Crippen molar-refractivity contribution in [1.29, 1.82) is 0 Å². The third-order valence-electron chi connectivity index (χ3n) is 3.89. The predicted octanol–water partition coefficient (Wildman–Crippen LogP) is 3.60. The van der Waals surface area contributed by atoms with Gasteiger partial charge in [0.25, 0.3) is 6.43 Å². The molecule has 2 aliphatic carbocycles. The minimum atomic E-state index is -2.36. The number of hydrogen-bond acceptors (Lipinski definition) is 1. The van der Waals surface area contributed by atoms with Gasteiger partial charge in [-0.05, 0) is 19.3 Å². The maximum Gasteiger partial charge on any atom is 0.261 e. The van der Waals surface area contributed by atoms with Crippen LogP contribution in [0.4, 0.5) is 8.78 Å². The molecule has 2 atom stereocenters. The van der Waals surface area contributed by atoms with Gasteiger partial charge in [0.1, 0.15) is 6.61 Å². The summed E-state index contributed by atoms with van der Waals surface area (Å²) < 4.78 is 29.4. The van der Waals surface area contributed by atoms with Gasteiger partial charge in [0, 0.05) is 10.8 Å². The molecular formula is C11H17ClF2O. The zero-order valence-electron chi connectivity index (χ0n) is 8.72. The highest BCUT2D eigenvalue weighted by atomic mass is 35.5. The summed E-state index contributed by atoms with van der Waals surface area (Å²) in [6.07, 6.45) is 4.04. The minimum absolute atomic E-state index is 0.0192. The highest BCUT2D eigenvalue weighted by molar-refractivity contribution is 6.21. The lowest BCUT2D eigenvalue weighted by Gasteiger charge is -2.55. The van der Waals surface area contributed by atoms with Gasteiger partial charge in [-0.25, -0.2) is 8.78 Å². The quantitative estimate of drug-likeness (QED) is 0.683. The molecule has 0 aromatic rings. The van der Waals surface area contributed by atoms with Gasteiger partial charge >= 0.3 is 0 Å². The number of halogens is 3. The van der Waals surface area contributed by atoms with Crippen LogP contribution in [0.15, 0.2) is 0 Å². The molecule has 0 aromatic heterocycles. The molecule has 2 saturated carbocycles. The molecule has 2 aliphatic rings. The van der Waals surface area contributed by atoms with Crippen molar-refractivity contribution in [2.24, 2.45) is 5.41 Å². The molecule has 0 N–H and O–H groups in total. The fourth-order valence-corrected chi connectivity index (χ4v) is 3.49. The van der Waals surface area contributed by atoms with Gasteiger partial charge in [-0.2, -0.15) is 0 Å². The van der Waals surface area contributed by atoms with E-state index in [0.29, 0.717) is 0 Å². The first-order valence-corrected chi connectivity index (χ1v) is 6.12. The van der Waals surface area contributed by atoms with Gasteiger partial charge in [-0.3, -0.25) is 0 Å². The van der Waals surface area contributed by atoms with Crippen LogP contribution in [0.2, 0.25) is 0 Å². The van der Waals surface area contributed by atoms with E-state index in [1.54, 1.807) is 0 Å². The second-order valence-electron chi connectivity index (χ2n) is 4.71. The average molecular weight is 239 g/mol. The number of hydrogen-bond donors (Lipinski definition) is 0. The monoisotopic (exact) mass is 238 g/mol. The van der Waals surface area contributed by atoms with Crippen LogP contribution in [0.5, 0.6) is 0 Å². The summed E-state index contributed by atoms with van der Waals surface area (Å²) in [5, 5.41) is 0.139. The van der Waals surface area contributed by atoms with Crippen LogP contribution in [0, 0.1) is 5.41 Å². The first-order valence-electron chi connectivity index (χ1n) is 5.69. The molecule has 88 valence electrons. The van der Waals surface area contributed by atoms with Crippen molar-refractivity contribution in [2.75, 3.05) is 6.61 Å². The molecule has 2 fully saturated rings. The van der Waals surface area contributed by atoms with Gasteiger partial charge in [0.05, 0.1) is 6.10 Å². The molecule has 0 heterocycles. The molecule has 0 saturated heterocycles. The first-order chi connectivity index (χ1) is 7.15. The van der Waals surface area contributed by atoms with E-state index in [-0.39, 0.29) is 16.9 Å². The Bertz CT molecular complexity index is 217. The summed E-state index contributed by atoms with van der Waals surface area (Å²) in [5.41, 5.74) is 0.0225. The Morgan fingerprint density at radius 1 is 1.27 bits per heavy atom. The molecule has 0 aromatic carbocycles. The molecule has 2 rings (SSSR count). The summed E-state index contributed by atoms with van der Waals surface area (Å²) >= 11 is 6.23. The van der Waals surface area contributed by atoms with E-state index < -0.39 is 13.0 Å². The van der Waals surface area contributed by atoms with Crippen molar-refractivity contribution in [3.05, 3.63) is 0 Å². The van der Waals surface area contributed by atoms with Crippen LogP contribution < -0.4 is 0 Å². The van der Waals surface area contributed by atoms with E-state index in [1.807, 2.05) is 0 Å². The zero-order valence-corrected chi connectivity index (χ0v) is 9.48. The Labute approximate surface area is 94.1 Å². The molecule has 4 heteroatoms. The average Bonchev–Trinajstić information content (AvgIpc) is 2.25. The van der Waals surface area contributed by atoms with Gasteiger partial charge in [0.2, 0.25) is 0 Å². The molecule has 1 spiro atoms. The molecule has 2 unspecified atom stereocenters. The summed E-state index contributed by atoms with van der Waals surface area (Å²) in [6.45, 7) is -0.434. The first kappa shape index (κ1) is 11.6. The lowest BCUT2D eigenvalue weighted by atomic mass is 9.58. The Morgan fingerprint density at radius 3 is 2.47 bits per heavy atom. The molecule has 0 aliphatic heterocycles. The minimum Gasteiger partial charge on any atom is -0.372 e. The van der Waals surface area contributed by atoms with E-state index in [1.165, 1.54) is 6.42 Å². The normalized spacial score (nSPS) is 34.4. The highest BCUT2D eigenvalue weighted by Crippen LogP contribution is 2.55. The maximum atomic E-state index is 12.1. The molecule has 15 heavy (non-hydrogen) atoms. The van der Waals surface area contributed by atoms with Crippen LogP contribution in [-0.2, 0) is 4.74 Å². The largest absolute Gasteiger partial charge is 0.372 e. The second-order valence-corrected chi connectivity index (χ2v) is 5.24. The molecule has 0 radical (unpaired) electrons. The van der Waals surface area contributed by atoms with Crippen LogP contribution in [-0.4, -0.2) is 24.5 Å². The van der Waals surface area contributed by atoms with Gasteiger partial charge < -0.3 is 4.74 Å². The predicted molar refractivity (Wildman–Crippen MR) is 55.5 cm³/mol. The Balaban J connectivity index is 1.90. The van der Waals surface area contributed by atoms with Crippen molar-refractivity contribution < 1.29 is 13.5 Å². The van der Waals surface area contributed by atoms with Gasteiger partial charge in [0.15, 0.2) is 0 Å². The van der Waals surface area contributed by atoms with E-state index in [2.05, 4.69) is 0 Å². The number of ether oxygens (including phenoxy) is 1. The smallest absolute Gasteiger partial charge is 0.261 e. The van der Waals surface area contributed by atoms with Crippen molar-refractivity contribution in [3.63, 3.8) is 0 Å². The van der Waals surface area contributed by atoms with Gasteiger partial charge in [-0.15, -0.1) is 11.6 Å². The summed E-state index contributed by atoms with van der Waals surface area (Å²) in [5.74, 6) is 0. The summed E-state index contributed by atoms with van der Waals surface area (Å²) in [6, 6.07) is 0. The fraction of sp³-hybridized carbons (Fsp3) is 1.00. The van der Waals surface area contributed by atoms with Crippen LogP contribution in [0.1, 0.15) is 38.5 Å². The number of alkyl halides is 3. The Hall–Kier alpha value is 0.110. The third-order valence-corrected chi connectivity index (χ3v) is 4.51. The van der Waals surface area contributed by atoms with Crippen LogP contribution in [0.3, 0.4) is 0 Å². The zero-order chi connectivity index (χ0) is 10.9. The summed E-state index contributed by atoms with van der Waals surface area (Å²) in [7, 11) is 0. The van der Waals surface area contributed by atoms with Crippen molar-refractivity contribution in [2.45, 2.75) is 56.4 Å². The third kappa shape index (κ3) is 2.14. The highest BCUT2D eigenvalue weighted by Gasteiger charge is 2.55. The van der Waals surface area contributed by atoms with E-state index in [4.69, 9.17) is 16.3 Å². The maximum absolute atomic E-state index is 12.1. The SMILES string of the molecule is FC(F)COC1CC(Cl)C12CCCCC2. The van der Waals surface area contributed by atoms with E-state index in [9.17, 15) is 8.78 Å². The lowest BCUT2D eigenvalue weighted by Crippen LogP contribution is -2.56. The molecule has 1 nitrogen and oxygen atoms in total. The fourth-order valence-electron chi connectivity index (χ4n) is 2.97. The molecule has 0 bridgehead atoms. The molecular weight excluding hydrogens is 222 g/mol. The van der Waals surface area contributed by atoms with Gasteiger partial charge in [-0.1, -0.05) is 19.3 Å². The topological polar surface area (TPSA) is 9.23 Å². The number of rotatable bonds is 3. The Morgan fingerprint density at radius 2 is 1.93 bits per heavy atom. The van der Waals surface area contributed by atoms with E-state index in [0.717, 1.165) is 32.1 Å². The van der Waals surface area contributed by atoms with Crippen molar-refractivity contribution in [3.8, 4) is 0 Å². The van der Waals surface area contributed by atoms with E-state index >= 15 is 0 Å². The lowest BCUT2D eigenvalue weighted by molar-refractivity contribution is -0.144. The Kier molecular flexibility index (Phi) is 3.51.